The van der Waals surface area contributed by atoms with E-state index < -0.39 is 5.41 Å². The fourth-order valence-electron chi connectivity index (χ4n) is 8.27. The summed E-state index contributed by atoms with van der Waals surface area (Å²) in [6.45, 7) is 0. The molecule has 2 heteroatoms. The number of hydrogen-bond donors (Lipinski definition) is 0. The number of aromatic nitrogens is 1. The van der Waals surface area contributed by atoms with Gasteiger partial charge in [-0.15, -0.1) is 0 Å². The molecule has 1 aromatic heterocycles. The maximum absolute atomic E-state index is 6.67. The molecule has 0 spiro atoms. The van der Waals surface area contributed by atoms with Gasteiger partial charge in [0, 0.05) is 27.6 Å². The lowest BCUT2D eigenvalue weighted by Gasteiger charge is -2.41. The van der Waals surface area contributed by atoms with Crippen LogP contribution in [0.15, 0.2) is 200 Å². The number of fused-ring (bicyclic) bond motifs is 5. The Labute approximate surface area is 297 Å². The van der Waals surface area contributed by atoms with Crippen LogP contribution >= 0.6 is 0 Å². The molecule has 0 fully saturated rings. The average Bonchev–Trinajstić information content (AvgIpc) is 3.54. The highest BCUT2D eigenvalue weighted by atomic mass is 16.5. The summed E-state index contributed by atoms with van der Waals surface area (Å²) >= 11 is 0. The Balaban J connectivity index is 1.15. The Morgan fingerprint density at radius 3 is 1.65 bits per heavy atom. The van der Waals surface area contributed by atoms with Crippen molar-refractivity contribution < 1.29 is 4.74 Å². The van der Waals surface area contributed by atoms with Crippen molar-refractivity contribution in [2.24, 2.45) is 0 Å². The van der Waals surface area contributed by atoms with Crippen LogP contribution in [0.25, 0.3) is 49.7 Å². The molecule has 8 aromatic carbocycles. The molecule has 1 aliphatic rings. The molecule has 0 bridgehead atoms. The predicted octanol–water partition coefficient (Wildman–Crippen LogP) is 12.6. The zero-order valence-corrected chi connectivity index (χ0v) is 27.9. The van der Waals surface area contributed by atoms with Crippen molar-refractivity contribution in [3.05, 3.63) is 222 Å². The zero-order valence-electron chi connectivity index (χ0n) is 27.9. The van der Waals surface area contributed by atoms with Gasteiger partial charge in [-0.05, 0) is 81.9 Å². The first kappa shape index (κ1) is 29.3. The second-order valence-electron chi connectivity index (χ2n) is 13.3. The van der Waals surface area contributed by atoms with Crippen LogP contribution in [0.2, 0.25) is 0 Å². The van der Waals surface area contributed by atoms with Gasteiger partial charge in [-0.1, -0.05) is 152 Å². The van der Waals surface area contributed by atoms with Crippen LogP contribution < -0.4 is 4.74 Å². The van der Waals surface area contributed by atoms with Crippen LogP contribution in [0.5, 0.6) is 11.5 Å². The summed E-state index contributed by atoms with van der Waals surface area (Å²) < 4.78 is 9.05. The standard InChI is InChI=1S/C49H33NO/c1-4-17-38(18-5-1)49(39-19-6-2-7-20-39)43-24-11-13-26-47(43)51-48-30-28-36(32-44(48)49)34-15-14-16-35(31-34)37-27-29-42-41-23-10-12-25-45(41)50(46(42)33-37)40-21-8-3-9-22-40/h1-33H. The molecule has 0 radical (unpaired) electrons. The van der Waals surface area contributed by atoms with Gasteiger partial charge in [0.15, 0.2) is 0 Å². The van der Waals surface area contributed by atoms with Crippen LogP contribution in [0.4, 0.5) is 0 Å². The first-order valence-electron chi connectivity index (χ1n) is 17.5. The lowest BCUT2D eigenvalue weighted by molar-refractivity contribution is 0.434. The van der Waals surface area contributed by atoms with E-state index in [4.69, 9.17) is 4.74 Å². The molecule has 0 saturated heterocycles. The van der Waals surface area contributed by atoms with E-state index in [-0.39, 0.29) is 0 Å². The van der Waals surface area contributed by atoms with Gasteiger partial charge in [0.2, 0.25) is 0 Å². The molecule has 0 amide bonds. The van der Waals surface area contributed by atoms with Crippen molar-refractivity contribution in [1.82, 2.24) is 4.57 Å². The van der Waals surface area contributed by atoms with E-state index in [1.165, 1.54) is 44.1 Å². The van der Waals surface area contributed by atoms with Gasteiger partial charge in [-0.3, -0.25) is 0 Å². The average molecular weight is 652 g/mol. The van der Waals surface area contributed by atoms with Crippen molar-refractivity contribution >= 4 is 21.8 Å². The number of rotatable bonds is 5. The normalized spacial score (nSPS) is 13.0. The van der Waals surface area contributed by atoms with Gasteiger partial charge in [-0.25, -0.2) is 0 Å². The number of benzene rings is 8. The summed E-state index contributed by atoms with van der Waals surface area (Å²) in [6, 6.07) is 72.1. The Morgan fingerprint density at radius 2 is 0.902 bits per heavy atom. The molecule has 0 aliphatic carbocycles. The third-order valence-electron chi connectivity index (χ3n) is 10.5. The molecule has 240 valence electrons. The third kappa shape index (κ3) is 4.57. The second-order valence-corrected chi connectivity index (χ2v) is 13.3. The summed E-state index contributed by atoms with van der Waals surface area (Å²) in [6.07, 6.45) is 0. The highest BCUT2D eigenvalue weighted by Crippen LogP contribution is 2.55. The van der Waals surface area contributed by atoms with Gasteiger partial charge < -0.3 is 9.30 Å². The van der Waals surface area contributed by atoms with Crippen molar-refractivity contribution in [1.29, 1.82) is 0 Å². The van der Waals surface area contributed by atoms with Crippen LogP contribution in [0, 0.1) is 0 Å². The quantitative estimate of drug-likeness (QED) is 0.181. The number of nitrogens with zero attached hydrogens (tertiary/aromatic N) is 1. The van der Waals surface area contributed by atoms with E-state index in [0.717, 1.165) is 39.4 Å². The number of hydrogen-bond acceptors (Lipinski definition) is 1. The minimum Gasteiger partial charge on any atom is -0.457 e. The Hall–Kier alpha value is -6.64. The molecular formula is C49H33NO. The zero-order chi connectivity index (χ0) is 33.8. The number of ether oxygens (including phenoxy) is 1. The monoisotopic (exact) mass is 651 g/mol. The summed E-state index contributed by atoms with van der Waals surface area (Å²) in [4.78, 5) is 0. The lowest BCUT2D eigenvalue weighted by Crippen LogP contribution is -2.34. The van der Waals surface area contributed by atoms with Gasteiger partial charge in [0.1, 0.15) is 11.5 Å². The molecule has 9 aromatic rings. The maximum atomic E-state index is 6.67. The first-order chi connectivity index (χ1) is 25.3. The smallest absolute Gasteiger partial charge is 0.132 e. The molecule has 0 N–H and O–H groups in total. The Kier molecular flexibility index (Phi) is 6.75. The van der Waals surface area contributed by atoms with E-state index in [2.05, 4.69) is 205 Å². The fraction of sp³-hybridized carbons (Fsp3) is 0.0204. The maximum Gasteiger partial charge on any atom is 0.132 e. The van der Waals surface area contributed by atoms with E-state index in [9.17, 15) is 0 Å². The van der Waals surface area contributed by atoms with Gasteiger partial charge in [0.05, 0.1) is 16.4 Å². The molecule has 0 unspecified atom stereocenters. The van der Waals surface area contributed by atoms with Gasteiger partial charge >= 0.3 is 0 Å². The third-order valence-corrected chi connectivity index (χ3v) is 10.5. The Morgan fingerprint density at radius 1 is 0.353 bits per heavy atom. The van der Waals surface area contributed by atoms with Crippen LogP contribution in [0.3, 0.4) is 0 Å². The molecule has 0 saturated carbocycles. The highest BCUT2D eigenvalue weighted by molar-refractivity contribution is 6.10. The van der Waals surface area contributed by atoms with Gasteiger partial charge in [0.25, 0.3) is 0 Å². The SMILES string of the molecule is c1ccc(-n2c3ccccc3c3ccc(-c4cccc(-c5ccc6c(c5)C(c5ccccc5)(c5ccccc5)c5ccccc5O6)c4)cc32)cc1. The van der Waals surface area contributed by atoms with Gasteiger partial charge in [-0.2, -0.15) is 0 Å². The summed E-state index contributed by atoms with van der Waals surface area (Å²) in [5.74, 6) is 1.76. The van der Waals surface area contributed by atoms with Crippen molar-refractivity contribution in [2.75, 3.05) is 0 Å². The minimum atomic E-state index is -0.559. The number of para-hydroxylation sites is 3. The summed E-state index contributed by atoms with van der Waals surface area (Å²) in [7, 11) is 0. The molecule has 10 rings (SSSR count). The van der Waals surface area contributed by atoms with Crippen LogP contribution in [-0.2, 0) is 5.41 Å². The van der Waals surface area contributed by atoms with E-state index >= 15 is 0 Å². The molecule has 2 nitrogen and oxygen atoms in total. The largest absolute Gasteiger partial charge is 0.457 e. The van der Waals surface area contributed by atoms with Crippen LogP contribution in [-0.4, -0.2) is 4.57 Å². The van der Waals surface area contributed by atoms with Crippen LogP contribution in [0.1, 0.15) is 22.3 Å². The minimum absolute atomic E-state index is 0.559. The van der Waals surface area contributed by atoms with Crippen molar-refractivity contribution in [3.63, 3.8) is 0 Å². The van der Waals surface area contributed by atoms with E-state index in [1.54, 1.807) is 0 Å². The lowest BCUT2D eigenvalue weighted by atomic mass is 9.63. The fourth-order valence-corrected chi connectivity index (χ4v) is 8.27. The van der Waals surface area contributed by atoms with E-state index in [1.807, 2.05) is 0 Å². The highest BCUT2D eigenvalue weighted by Gasteiger charge is 2.45. The van der Waals surface area contributed by atoms with E-state index in [0.29, 0.717) is 0 Å². The van der Waals surface area contributed by atoms with Crippen molar-refractivity contribution in [3.8, 4) is 39.4 Å². The molecule has 1 aliphatic heterocycles. The second kappa shape index (κ2) is 11.8. The molecule has 2 heterocycles. The van der Waals surface area contributed by atoms with Crippen molar-refractivity contribution in [2.45, 2.75) is 5.41 Å². The Bertz CT molecular complexity index is 2670. The summed E-state index contributed by atoms with van der Waals surface area (Å²) in [5.41, 5.74) is 12.4. The molecular weight excluding hydrogens is 619 g/mol. The first-order valence-corrected chi connectivity index (χ1v) is 17.5. The molecule has 0 atom stereocenters. The predicted molar refractivity (Wildman–Crippen MR) is 210 cm³/mol. The topological polar surface area (TPSA) is 14.2 Å². The summed E-state index contributed by atoms with van der Waals surface area (Å²) in [5, 5.41) is 2.51. The molecule has 51 heavy (non-hydrogen) atoms.